The molecule has 0 radical (unpaired) electrons. The van der Waals surface area contributed by atoms with Crippen LogP contribution in [0.25, 0.3) is 0 Å². The molecule has 2 heterocycles. The molecule has 0 N–H and O–H groups in total. The molecule has 1 aromatic carbocycles. The first-order valence-electron chi connectivity index (χ1n) is 7.94. The van der Waals surface area contributed by atoms with E-state index in [1.54, 1.807) is 6.07 Å². The first-order valence-corrected chi connectivity index (χ1v) is 8.70. The highest BCUT2D eigenvalue weighted by molar-refractivity contribution is 6.31. The Hall–Kier alpha value is -1.80. The van der Waals surface area contributed by atoms with Gasteiger partial charge in [0.25, 0.3) is 0 Å². The molecule has 4 nitrogen and oxygen atoms in total. The second kappa shape index (κ2) is 7.85. The minimum Gasteiger partial charge on any atom is -0.355 e. The summed E-state index contributed by atoms with van der Waals surface area (Å²) in [5.41, 5.74) is 1.56. The average Bonchev–Trinajstić information content (AvgIpc) is 2.83. The molecule has 0 bridgehead atoms. The molecular weight excluding hydrogens is 343 g/mol. The van der Waals surface area contributed by atoms with Crippen LogP contribution < -0.4 is 4.90 Å². The number of nitrogens with zero attached hydrogens (tertiary/aromatic N) is 4. The topological polar surface area (TPSA) is 43.2 Å². The molecule has 0 atom stereocenters. The molecular formula is C18H18Cl2N4. The van der Waals surface area contributed by atoms with Crippen molar-refractivity contribution in [3.05, 3.63) is 57.7 Å². The first kappa shape index (κ1) is 17.0. The van der Waals surface area contributed by atoms with E-state index in [2.05, 4.69) is 26.9 Å². The lowest BCUT2D eigenvalue weighted by atomic mass is 10.2. The third-order valence-corrected chi connectivity index (χ3v) is 4.73. The molecule has 124 valence electrons. The van der Waals surface area contributed by atoms with Gasteiger partial charge in [-0.2, -0.15) is 5.26 Å². The van der Waals surface area contributed by atoms with E-state index in [0.717, 1.165) is 50.0 Å². The molecule has 6 heteroatoms. The number of rotatable bonds is 3. The zero-order valence-electron chi connectivity index (χ0n) is 13.3. The number of pyridine rings is 1. The van der Waals surface area contributed by atoms with E-state index in [1.165, 1.54) is 5.56 Å². The maximum Gasteiger partial charge on any atom is 0.161 e. The molecule has 0 amide bonds. The van der Waals surface area contributed by atoms with Crippen LogP contribution in [0.5, 0.6) is 0 Å². The van der Waals surface area contributed by atoms with E-state index < -0.39 is 0 Å². The van der Waals surface area contributed by atoms with Gasteiger partial charge in [-0.1, -0.05) is 35.3 Å². The Labute approximate surface area is 152 Å². The van der Waals surface area contributed by atoms with Crippen molar-refractivity contribution < 1.29 is 0 Å². The zero-order chi connectivity index (χ0) is 16.9. The van der Waals surface area contributed by atoms with Crippen molar-refractivity contribution in [3.8, 4) is 6.07 Å². The van der Waals surface area contributed by atoms with Gasteiger partial charge in [0.05, 0.1) is 5.02 Å². The summed E-state index contributed by atoms with van der Waals surface area (Å²) in [7, 11) is 0. The number of anilines is 1. The van der Waals surface area contributed by atoms with Gasteiger partial charge in [0, 0.05) is 37.7 Å². The Kier molecular flexibility index (Phi) is 5.57. The van der Waals surface area contributed by atoms with Crippen LogP contribution in [0.2, 0.25) is 10.0 Å². The lowest BCUT2D eigenvalue weighted by Gasteiger charge is -2.23. The molecule has 0 unspecified atom stereocenters. The van der Waals surface area contributed by atoms with Gasteiger partial charge in [0.2, 0.25) is 0 Å². The molecule has 0 aliphatic carbocycles. The van der Waals surface area contributed by atoms with Crippen molar-refractivity contribution in [2.45, 2.75) is 13.0 Å². The van der Waals surface area contributed by atoms with E-state index in [4.69, 9.17) is 28.5 Å². The van der Waals surface area contributed by atoms with Crippen molar-refractivity contribution in [2.24, 2.45) is 0 Å². The van der Waals surface area contributed by atoms with Crippen molar-refractivity contribution in [1.82, 2.24) is 9.88 Å². The highest BCUT2D eigenvalue weighted by Crippen LogP contribution is 2.20. The predicted molar refractivity (Wildman–Crippen MR) is 97.5 cm³/mol. The Morgan fingerprint density at radius 1 is 1.00 bits per heavy atom. The van der Waals surface area contributed by atoms with Gasteiger partial charge in [0.15, 0.2) is 5.69 Å². The van der Waals surface area contributed by atoms with Crippen LogP contribution in [0.1, 0.15) is 17.7 Å². The fraction of sp³-hybridized carbons (Fsp3) is 0.333. The number of benzene rings is 1. The van der Waals surface area contributed by atoms with Crippen LogP contribution in [-0.2, 0) is 6.54 Å². The summed E-state index contributed by atoms with van der Waals surface area (Å²) in [5.74, 6) is 0.823. The van der Waals surface area contributed by atoms with Gasteiger partial charge in [-0.25, -0.2) is 4.98 Å². The molecule has 3 rings (SSSR count). The number of hydrogen-bond acceptors (Lipinski definition) is 4. The van der Waals surface area contributed by atoms with E-state index in [1.807, 2.05) is 24.3 Å². The quantitative estimate of drug-likeness (QED) is 0.830. The zero-order valence-corrected chi connectivity index (χ0v) is 14.8. The first-order chi connectivity index (χ1) is 11.7. The highest BCUT2D eigenvalue weighted by atomic mass is 35.5. The maximum atomic E-state index is 9.09. The number of aromatic nitrogens is 1. The maximum absolute atomic E-state index is 9.09. The van der Waals surface area contributed by atoms with Gasteiger partial charge in [0.1, 0.15) is 11.9 Å². The molecule has 1 fully saturated rings. The van der Waals surface area contributed by atoms with E-state index in [0.29, 0.717) is 5.02 Å². The summed E-state index contributed by atoms with van der Waals surface area (Å²) >= 11 is 11.9. The van der Waals surface area contributed by atoms with Crippen LogP contribution in [-0.4, -0.2) is 36.1 Å². The summed E-state index contributed by atoms with van der Waals surface area (Å²) < 4.78 is 0. The summed E-state index contributed by atoms with van der Waals surface area (Å²) in [6.07, 6.45) is 1.06. The van der Waals surface area contributed by atoms with Crippen molar-refractivity contribution in [2.75, 3.05) is 31.1 Å². The Balaban J connectivity index is 1.64. The summed E-state index contributed by atoms with van der Waals surface area (Å²) in [6.45, 7) is 4.72. The molecule has 1 aliphatic heterocycles. The Morgan fingerprint density at radius 3 is 2.54 bits per heavy atom. The van der Waals surface area contributed by atoms with Gasteiger partial charge in [-0.15, -0.1) is 0 Å². The smallest absolute Gasteiger partial charge is 0.161 e. The summed E-state index contributed by atoms with van der Waals surface area (Å²) in [6, 6.07) is 13.7. The summed E-state index contributed by atoms with van der Waals surface area (Å²) in [5, 5.41) is 10.3. The van der Waals surface area contributed by atoms with E-state index in [-0.39, 0.29) is 5.69 Å². The molecule has 0 saturated carbocycles. The average molecular weight is 361 g/mol. The van der Waals surface area contributed by atoms with Crippen molar-refractivity contribution >= 4 is 29.0 Å². The van der Waals surface area contributed by atoms with Gasteiger partial charge in [-0.05, 0) is 36.2 Å². The number of nitriles is 1. The van der Waals surface area contributed by atoms with Crippen LogP contribution in [0.3, 0.4) is 0 Å². The van der Waals surface area contributed by atoms with Crippen LogP contribution >= 0.6 is 23.2 Å². The van der Waals surface area contributed by atoms with Gasteiger partial charge < -0.3 is 4.90 Å². The van der Waals surface area contributed by atoms with Crippen LogP contribution in [0, 0.1) is 11.3 Å². The third kappa shape index (κ3) is 4.18. The second-order valence-electron chi connectivity index (χ2n) is 5.85. The number of halogens is 2. The molecule has 0 spiro atoms. The monoisotopic (exact) mass is 360 g/mol. The minimum absolute atomic E-state index is 0.288. The molecule has 1 saturated heterocycles. The van der Waals surface area contributed by atoms with Gasteiger partial charge in [-0.3, -0.25) is 4.90 Å². The number of hydrogen-bond donors (Lipinski definition) is 0. The Bertz CT molecular complexity index is 740. The third-order valence-electron chi connectivity index (χ3n) is 4.17. The van der Waals surface area contributed by atoms with Crippen LogP contribution in [0.4, 0.5) is 5.82 Å². The standard InChI is InChI=1S/C18H18Cl2N4/c19-15-4-2-14(3-5-15)13-23-8-1-9-24(11-10-23)18-7-6-16(20)17(12-21)22-18/h2-7H,1,8-11,13H2. The Morgan fingerprint density at radius 2 is 1.79 bits per heavy atom. The fourth-order valence-electron chi connectivity index (χ4n) is 2.89. The SMILES string of the molecule is N#Cc1nc(N2CCCN(Cc3ccc(Cl)cc3)CC2)ccc1Cl. The lowest BCUT2D eigenvalue weighted by Crippen LogP contribution is -2.31. The van der Waals surface area contributed by atoms with Crippen molar-refractivity contribution in [3.63, 3.8) is 0 Å². The van der Waals surface area contributed by atoms with Gasteiger partial charge >= 0.3 is 0 Å². The summed E-state index contributed by atoms with van der Waals surface area (Å²) in [4.78, 5) is 9.03. The molecule has 1 aromatic heterocycles. The minimum atomic E-state index is 0.288. The predicted octanol–water partition coefficient (Wildman–Crippen LogP) is 3.97. The molecule has 1 aliphatic rings. The largest absolute Gasteiger partial charge is 0.355 e. The van der Waals surface area contributed by atoms with E-state index in [9.17, 15) is 0 Å². The molecule has 24 heavy (non-hydrogen) atoms. The fourth-order valence-corrected chi connectivity index (χ4v) is 3.17. The van der Waals surface area contributed by atoms with Crippen LogP contribution in [0.15, 0.2) is 36.4 Å². The molecule has 2 aromatic rings. The normalized spacial score (nSPS) is 15.8. The lowest BCUT2D eigenvalue weighted by molar-refractivity contribution is 0.285. The van der Waals surface area contributed by atoms with E-state index >= 15 is 0 Å². The highest BCUT2D eigenvalue weighted by Gasteiger charge is 2.17. The second-order valence-corrected chi connectivity index (χ2v) is 6.70. The van der Waals surface area contributed by atoms with Crippen molar-refractivity contribution in [1.29, 1.82) is 5.26 Å².